The van der Waals surface area contributed by atoms with Crippen molar-refractivity contribution in [2.75, 3.05) is 18.0 Å². The maximum Gasteiger partial charge on any atom is 0.184 e. The summed E-state index contributed by atoms with van der Waals surface area (Å²) in [6.07, 6.45) is 2.23. The number of aryl methyl sites for hydroxylation is 1. The summed E-state index contributed by atoms with van der Waals surface area (Å²) in [7, 11) is 0. The van der Waals surface area contributed by atoms with Crippen LogP contribution in [0.5, 0.6) is 0 Å². The first-order valence-corrected chi connectivity index (χ1v) is 8.62. The molecular formula is C21H20FN3O. The van der Waals surface area contributed by atoms with Crippen LogP contribution >= 0.6 is 0 Å². The zero-order valence-corrected chi connectivity index (χ0v) is 14.7. The Labute approximate surface area is 152 Å². The highest BCUT2D eigenvalue weighted by molar-refractivity contribution is 6.09. The van der Waals surface area contributed by atoms with Gasteiger partial charge in [-0.25, -0.2) is 4.39 Å². The molecule has 0 amide bonds. The minimum atomic E-state index is -0.295. The third kappa shape index (κ3) is 3.60. The van der Waals surface area contributed by atoms with E-state index in [1.807, 2.05) is 46.9 Å². The van der Waals surface area contributed by atoms with Gasteiger partial charge in [-0.1, -0.05) is 18.2 Å². The lowest BCUT2D eigenvalue weighted by atomic mass is 10.1. The average Bonchev–Trinajstić information content (AvgIpc) is 3.04. The van der Waals surface area contributed by atoms with Crippen LogP contribution in [-0.4, -0.2) is 23.4 Å². The molecule has 0 spiro atoms. The van der Waals surface area contributed by atoms with E-state index >= 15 is 0 Å². The lowest BCUT2D eigenvalue weighted by molar-refractivity contribution is 0.100. The summed E-state index contributed by atoms with van der Waals surface area (Å²) >= 11 is 0. The zero-order chi connectivity index (χ0) is 18.5. The third-order valence-corrected chi connectivity index (χ3v) is 4.46. The summed E-state index contributed by atoms with van der Waals surface area (Å²) in [5.41, 5.74) is 2.42. The van der Waals surface area contributed by atoms with E-state index in [1.54, 1.807) is 12.1 Å². The van der Waals surface area contributed by atoms with Gasteiger partial charge in [-0.3, -0.25) is 4.79 Å². The van der Waals surface area contributed by atoms with Crippen LogP contribution in [0.25, 0.3) is 10.9 Å². The number of nitrogens with zero attached hydrogens (tertiary/aromatic N) is 3. The van der Waals surface area contributed by atoms with E-state index < -0.39 is 0 Å². The summed E-state index contributed by atoms with van der Waals surface area (Å²) in [4.78, 5) is 14.9. The van der Waals surface area contributed by atoms with Crippen LogP contribution in [0.2, 0.25) is 0 Å². The topological polar surface area (TPSA) is 49.0 Å². The number of likely N-dealkylation sites (N-methyl/N-ethyl adjacent to an activating group) is 1. The number of carbonyl (C=O) groups excluding carboxylic acids is 1. The van der Waals surface area contributed by atoms with Crippen molar-refractivity contribution in [3.63, 3.8) is 0 Å². The monoisotopic (exact) mass is 349 g/mol. The Morgan fingerprint density at radius 3 is 2.62 bits per heavy atom. The summed E-state index contributed by atoms with van der Waals surface area (Å²) < 4.78 is 15.1. The molecule has 26 heavy (non-hydrogen) atoms. The highest BCUT2D eigenvalue weighted by Crippen LogP contribution is 2.23. The molecule has 5 heteroatoms. The first-order valence-electron chi connectivity index (χ1n) is 8.62. The summed E-state index contributed by atoms with van der Waals surface area (Å²) in [6, 6.07) is 16.0. The predicted molar refractivity (Wildman–Crippen MR) is 101 cm³/mol. The Hall–Kier alpha value is -3.13. The Morgan fingerprint density at radius 1 is 1.19 bits per heavy atom. The smallest absolute Gasteiger partial charge is 0.184 e. The fourth-order valence-corrected chi connectivity index (χ4v) is 3.12. The van der Waals surface area contributed by atoms with Gasteiger partial charge in [0.05, 0.1) is 19.0 Å². The van der Waals surface area contributed by atoms with Crippen LogP contribution < -0.4 is 4.90 Å². The summed E-state index contributed by atoms with van der Waals surface area (Å²) in [5, 5.41) is 9.74. The van der Waals surface area contributed by atoms with Crippen LogP contribution in [0.3, 0.4) is 0 Å². The molecule has 0 aliphatic heterocycles. The number of fused-ring (bicyclic) bond motifs is 1. The van der Waals surface area contributed by atoms with Crippen molar-refractivity contribution in [2.45, 2.75) is 19.9 Å². The van der Waals surface area contributed by atoms with Crippen molar-refractivity contribution < 1.29 is 9.18 Å². The van der Waals surface area contributed by atoms with Gasteiger partial charge in [-0.2, -0.15) is 5.26 Å². The van der Waals surface area contributed by atoms with E-state index in [1.165, 1.54) is 12.1 Å². The molecule has 4 nitrogen and oxygen atoms in total. The standard InChI is InChI=1S/C21H20FN3O/c1-2-24(17-10-8-16(22)9-11-17)15-21(26)19-14-25(13-5-12-23)20-7-4-3-6-18(19)20/h3-4,6-11,14H,2,5,13,15H2,1H3. The Morgan fingerprint density at radius 2 is 1.92 bits per heavy atom. The summed E-state index contributed by atoms with van der Waals surface area (Å²) in [5.74, 6) is -0.292. The fraction of sp³-hybridized carbons (Fsp3) is 0.238. The predicted octanol–water partition coefficient (Wildman–Crippen LogP) is 4.40. The molecule has 0 fully saturated rings. The van der Waals surface area contributed by atoms with Gasteiger partial charge in [0.1, 0.15) is 5.82 Å². The second-order valence-electron chi connectivity index (χ2n) is 6.08. The molecule has 0 aliphatic rings. The van der Waals surface area contributed by atoms with Crippen LogP contribution in [-0.2, 0) is 6.54 Å². The largest absolute Gasteiger partial charge is 0.364 e. The lowest BCUT2D eigenvalue weighted by Gasteiger charge is -2.22. The van der Waals surface area contributed by atoms with Crippen molar-refractivity contribution in [1.29, 1.82) is 5.26 Å². The molecule has 0 N–H and O–H groups in total. The van der Waals surface area contributed by atoms with Crippen LogP contribution in [0.15, 0.2) is 54.7 Å². The van der Waals surface area contributed by atoms with Gasteiger partial charge in [0.25, 0.3) is 0 Å². The normalized spacial score (nSPS) is 10.7. The molecule has 0 bridgehead atoms. The highest BCUT2D eigenvalue weighted by atomic mass is 19.1. The number of ketones is 1. The molecule has 0 saturated heterocycles. The number of rotatable bonds is 7. The minimum absolute atomic E-state index is 0.00285. The molecule has 1 heterocycles. The number of halogens is 1. The molecule has 0 radical (unpaired) electrons. The molecule has 132 valence electrons. The zero-order valence-electron chi connectivity index (χ0n) is 14.7. The number of para-hydroxylation sites is 1. The van der Waals surface area contributed by atoms with Crippen LogP contribution in [0, 0.1) is 17.1 Å². The number of hydrogen-bond donors (Lipinski definition) is 0. The molecule has 3 rings (SSSR count). The van der Waals surface area contributed by atoms with E-state index in [0.717, 1.165) is 16.6 Å². The number of Topliss-reactive ketones (excluding diaryl/α,β-unsaturated/α-hetero) is 1. The van der Waals surface area contributed by atoms with Gasteiger partial charge >= 0.3 is 0 Å². The number of hydrogen-bond acceptors (Lipinski definition) is 3. The van der Waals surface area contributed by atoms with Crippen molar-refractivity contribution in [3.8, 4) is 6.07 Å². The maximum atomic E-state index is 13.1. The van der Waals surface area contributed by atoms with E-state index in [-0.39, 0.29) is 18.1 Å². The summed E-state index contributed by atoms with van der Waals surface area (Å²) in [6.45, 7) is 3.38. The third-order valence-electron chi connectivity index (χ3n) is 4.46. The maximum absolute atomic E-state index is 13.1. The van der Waals surface area contributed by atoms with Gasteiger partial charge in [-0.05, 0) is 37.3 Å². The Bertz CT molecular complexity index is 954. The second kappa shape index (κ2) is 7.83. The molecule has 1 aromatic heterocycles. The van der Waals surface area contributed by atoms with Crippen LogP contribution in [0.4, 0.5) is 10.1 Å². The molecule has 0 aliphatic carbocycles. The number of benzene rings is 2. The van der Waals surface area contributed by atoms with Crippen molar-refractivity contribution >= 4 is 22.4 Å². The van der Waals surface area contributed by atoms with E-state index in [0.29, 0.717) is 25.1 Å². The number of aromatic nitrogens is 1. The van der Waals surface area contributed by atoms with Gasteiger partial charge in [0.2, 0.25) is 0 Å². The van der Waals surface area contributed by atoms with Crippen molar-refractivity contribution in [2.24, 2.45) is 0 Å². The molecule has 2 aromatic carbocycles. The number of carbonyl (C=O) groups is 1. The molecular weight excluding hydrogens is 329 g/mol. The minimum Gasteiger partial charge on any atom is -0.364 e. The van der Waals surface area contributed by atoms with Gasteiger partial charge in [0, 0.05) is 41.4 Å². The van der Waals surface area contributed by atoms with E-state index in [4.69, 9.17) is 5.26 Å². The highest BCUT2D eigenvalue weighted by Gasteiger charge is 2.17. The Kier molecular flexibility index (Phi) is 5.33. The van der Waals surface area contributed by atoms with Crippen molar-refractivity contribution in [1.82, 2.24) is 4.57 Å². The SMILES string of the molecule is CCN(CC(=O)c1cn(CCC#N)c2ccccc12)c1ccc(F)cc1. The molecule has 3 aromatic rings. The van der Waals surface area contributed by atoms with E-state index in [2.05, 4.69) is 6.07 Å². The van der Waals surface area contributed by atoms with Gasteiger partial charge in [0.15, 0.2) is 5.78 Å². The first kappa shape index (κ1) is 17.7. The fourth-order valence-electron chi connectivity index (χ4n) is 3.12. The van der Waals surface area contributed by atoms with Crippen LogP contribution in [0.1, 0.15) is 23.7 Å². The lowest BCUT2D eigenvalue weighted by Crippen LogP contribution is -2.29. The molecule has 0 unspecified atom stereocenters. The van der Waals surface area contributed by atoms with E-state index in [9.17, 15) is 9.18 Å². The number of anilines is 1. The number of nitriles is 1. The van der Waals surface area contributed by atoms with Gasteiger partial charge in [-0.15, -0.1) is 0 Å². The average molecular weight is 349 g/mol. The second-order valence-corrected chi connectivity index (χ2v) is 6.08. The van der Waals surface area contributed by atoms with Gasteiger partial charge < -0.3 is 9.47 Å². The molecule has 0 atom stereocenters. The first-order chi connectivity index (χ1) is 12.6. The molecule has 0 saturated carbocycles. The van der Waals surface area contributed by atoms with Crippen molar-refractivity contribution in [3.05, 3.63) is 66.1 Å². The quantitative estimate of drug-likeness (QED) is 0.594. The Balaban J connectivity index is 1.89.